The van der Waals surface area contributed by atoms with Gasteiger partial charge in [-0.15, -0.1) is 0 Å². The van der Waals surface area contributed by atoms with Gasteiger partial charge in [-0.05, 0) is 12.1 Å². The van der Waals surface area contributed by atoms with E-state index in [2.05, 4.69) is 20.2 Å². The van der Waals surface area contributed by atoms with Crippen molar-refractivity contribution in [3.05, 3.63) is 69.0 Å². The third-order valence-electron chi connectivity index (χ3n) is 4.17. The molecular formula is C17H15N7O4. The Bertz CT molecular complexity index is 1220. The quantitative estimate of drug-likeness (QED) is 0.378. The number of nitrogens with zero attached hydrogens (tertiary/aromatic N) is 7. The van der Waals surface area contributed by atoms with Gasteiger partial charge < -0.3 is 4.52 Å². The highest BCUT2D eigenvalue weighted by Gasteiger charge is 2.15. The fourth-order valence-corrected chi connectivity index (χ4v) is 2.68. The van der Waals surface area contributed by atoms with Crippen LogP contribution in [0.15, 0.2) is 46.1 Å². The number of hydrogen-bond donors (Lipinski definition) is 0. The van der Waals surface area contributed by atoms with Crippen LogP contribution in [0.1, 0.15) is 31.5 Å². The number of benzene rings is 1. The molecule has 3 aromatic heterocycles. The van der Waals surface area contributed by atoms with E-state index >= 15 is 0 Å². The molecule has 0 saturated heterocycles. The molecule has 142 valence electrons. The molecule has 0 aliphatic rings. The summed E-state index contributed by atoms with van der Waals surface area (Å²) in [6, 6.07) is 5.82. The van der Waals surface area contributed by atoms with Gasteiger partial charge in [0.1, 0.15) is 18.3 Å². The second kappa shape index (κ2) is 6.68. The molecule has 0 amide bonds. The minimum Gasteiger partial charge on any atom is -0.337 e. The van der Waals surface area contributed by atoms with Crippen LogP contribution in [0.2, 0.25) is 0 Å². The highest BCUT2D eigenvalue weighted by molar-refractivity contribution is 5.75. The second-order valence-electron chi connectivity index (χ2n) is 6.45. The molecule has 0 saturated carbocycles. The zero-order chi connectivity index (χ0) is 19.8. The van der Waals surface area contributed by atoms with Crippen LogP contribution in [0.4, 0.5) is 5.69 Å². The zero-order valence-electron chi connectivity index (χ0n) is 15.0. The Hall–Kier alpha value is -3.89. The summed E-state index contributed by atoms with van der Waals surface area (Å²) >= 11 is 0. The molecule has 4 aromatic rings. The van der Waals surface area contributed by atoms with Gasteiger partial charge in [-0.25, -0.2) is 9.67 Å². The average Bonchev–Trinajstić information content (AvgIpc) is 3.31. The van der Waals surface area contributed by atoms with Gasteiger partial charge in [0.05, 0.1) is 16.8 Å². The lowest BCUT2D eigenvalue weighted by Crippen LogP contribution is -2.21. The lowest BCUT2D eigenvalue weighted by Gasteiger charge is -2.04. The molecule has 0 spiro atoms. The summed E-state index contributed by atoms with van der Waals surface area (Å²) < 4.78 is 7.99. The van der Waals surface area contributed by atoms with Gasteiger partial charge in [-0.2, -0.15) is 10.1 Å². The third-order valence-corrected chi connectivity index (χ3v) is 4.17. The van der Waals surface area contributed by atoms with E-state index < -0.39 is 4.92 Å². The van der Waals surface area contributed by atoms with E-state index in [1.165, 1.54) is 33.9 Å². The maximum absolute atomic E-state index is 12.8. The first kappa shape index (κ1) is 17.5. The predicted molar refractivity (Wildman–Crippen MR) is 97.3 cm³/mol. The minimum atomic E-state index is -0.482. The molecule has 1 aromatic carbocycles. The van der Waals surface area contributed by atoms with Crippen molar-refractivity contribution >= 4 is 16.7 Å². The van der Waals surface area contributed by atoms with E-state index in [4.69, 9.17) is 4.52 Å². The van der Waals surface area contributed by atoms with Crippen molar-refractivity contribution in [2.24, 2.45) is 0 Å². The zero-order valence-corrected chi connectivity index (χ0v) is 15.0. The Balaban J connectivity index is 1.69. The van der Waals surface area contributed by atoms with E-state index in [9.17, 15) is 14.9 Å². The van der Waals surface area contributed by atoms with E-state index in [0.29, 0.717) is 28.4 Å². The normalized spacial score (nSPS) is 11.4. The molecule has 0 N–H and O–H groups in total. The van der Waals surface area contributed by atoms with Crippen molar-refractivity contribution in [2.45, 2.75) is 26.3 Å². The summed E-state index contributed by atoms with van der Waals surface area (Å²) in [4.78, 5) is 31.6. The van der Waals surface area contributed by atoms with Crippen LogP contribution >= 0.6 is 0 Å². The fraction of sp³-hybridized carbons (Fsp3) is 0.235. The smallest absolute Gasteiger partial charge is 0.269 e. The van der Waals surface area contributed by atoms with Crippen molar-refractivity contribution in [1.29, 1.82) is 0 Å². The highest BCUT2D eigenvalue weighted by atomic mass is 16.6. The molecule has 0 atom stereocenters. The average molecular weight is 381 g/mol. The number of hydrogen-bond acceptors (Lipinski definition) is 8. The summed E-state index contributed by atoms with van der Waals surface area (Å²) in [7, 11) is 0. The van der Waals surface area contributed by atoms with Crippen molar-refractivity contribution in [1.82, 2.24) is 29.5 Å². The summed E-state index contributed by atoms with van der Waals surface area (Å²) in [6.07, 6.45) is 2.80. The van der Waals surface area contributed by atoms with Gasteiger partial charge in [0, 0.05) is 18.1 Å². The van der Waals surface area contributed by atoms with Gasteiger partial charge in [-0.1, -0.05) is 19.0 Å². The summed E-state index contributed by atoms with van der Waals surface area (Å²) in [5.41, 5.74) is 0.575. The van der Waals surface area contributed by atoms with Crippen molar-refractivity contribution in [3.63, 3.8) is 0 Å². The maximum atomic E-state index is 12.8. The van der Waals surface area contributed by atoms with Crippen LogP contribution in [-0.2, 0) is 6.54 Å². The van der Waals surface area contributed by atoms with Crippen molar-refractivity contribution in [2.75, 3.05) is 0 Å². The number of nitro groups is 1. The van der Waals surface area contributed by atoms with Crippen LogP contribution in [0.5, 0.6) is 0 Å². The third kappa shape index (κ3) is 3.02. The molecule has 11 nitrogen and oxygen atoms in total. The van der Waals surface area contributed by atoms with Crippen molar-refractivity contribution < 1.29 is 9.45 Å². The Kier molecular flexibility index (Phi) is 4.18. The Morgan fingerprint density at radius 3 is 2.64 bits per heavy atom. The fourth-order valence-electron chi connectivity index (χ4n) is 2.68. The summed E-state index contributed by atoms with van der Waals surface area (Å²) in [6.45, 7) is 3.99. The first-order chi connectivity index (χ1) is 13.4. The number of rotatable bonds is 5. The van der Waals surface area contributed by atoms with E-state index in [-0.39, 0.29) is 23.7 Å². The molecule has 4 rings (SSSR count). The molecule has 11 heteroatoms. The second-order valence-corrected chi connectivity index (χ2v) is 6.45. The lowest BCUT2D eigenvalue weighted by molar-refractivity contribution is -0.384. The van der Waals surface area contributed by atoms with Gasteiger partial charge in [0.15, 0.2) is 11.5 Å². The van der Waals surface area contributed by atoms with Crippen LogP contribution in [-0.4, -0.2) is 34.4 Å². The summed E-state index contributed by atoms with van der Waals surface area (Å²) in [5, 5.41) is 19.2. The van der Waals surface area contributed by atoms with Gasteiger partial charge in [-0.3, -0.25) is 19.5 Å². The summed E-state index contributed by atoms with van der Waals surface area (Å²) in [5.74, 6) is 1.01. The SMILES string of the molecule is CC(C)c1noc(Cn2cnc3c(cnn3-c3ccc([N+](=O)[O-])cc3)c2=O)n1. The monoisotopic (exact) mass is 381 g/mol. The predicted octanol–water partition coefficient (Wildman–Crippen LogP) is 2.05. The molecule has 3 heterocycles. The first-order valence-corrected chi connectivity index (χ1v) is 8.44. The number of non-ortho nitro benzene ring substituents is 1. The van der Waals surface area contributed by atoms with Crippen molar-refractivity contribution in [3.8, 4) is 5.69 Å². The van der Waals surface area contributed by atoms with E-state index in [1.54, 1.807) is 12.1 Å². The molecule has 0 bridgehead atoms. The maximum Gasteiger partial charge on any atom is 0.269 e. The highest BCUT2D eigenvalue weighted by Crippen LogP contribution is 2.18. The van der Waals surface area contributed by atoms with Gasteiger partial charge in [0.2, 0.25) is 5.89 Å². The molecule has 28 heavy (non-hydrogen) atoms. The Morgan fingerprint density at radius 1 is 1.25 bits per heavy atom. The standard InChI is InChI=1S/C17H15N7O4/c1-10(2)15-20-14(28-21-15)8-22-9-18-16-13(17(22)25)7-19-23(16)11-3-5-12(6-4-11)24(26)27/h3-7,9-10H,8H2,1-2H3. The van der Waals surface area contributed by atoms with Gasteiger partial charge >= 0.3 is 0 Å². The van der Waals surface area contributed by atoms with Crippen LogP contribution < -0.4 is 5.56 Å². The molecule has 0 unspecified atom stereocenters. The lowest BCUT2D eigenvalue weighted by atomic mass is 10.2. The largest absolute Gasteiger partial charge is 0.337 e. The number of nitro benzene ring substituents is 1. The Morgan fingerprint density at radius 2 is 2.00 bits per heavy atom. The van der Waals surface area contributed by atoms with E-state index in [1.807, 2.05) is 13.8 Å². The topological polar surface area (TPSA) is 135 Å². The first-order valence-electron chi connectivity index (χ1n) is 8.44. The molecule has 0 aliphatic carbocycles. The van der Waals surface area contributed by atoms with Gasteiger partial charge in [0.25, 0.3) is 11.2 Å². The molecule has 0 fully saturated rings. The number of aromatic nitrogens is 6. The molecule has 0 aliphatic heterocycles. The van der Waals surface area contributed by atoms with Crippen LogP contribution in [0.3, 0.4) is 0 Å². The molecular weight excluding hydrogens is 366 g/mol. The Labute approximate surface area is 157 Å². The van der Waals surface area contributed by atoms with Crippen LogP contribution in [0, 0.1) is 10.1 Å². The molecule has 0 radical (unpaired) electrons. The minimum absolute atomic E-state index is 0.0316. The van der Waals surface area contributed by atoms with Crippen LogP contribution in [0.25, 0.3) is 16.7 Å². The number of fused-ring (bicyclic) bond motifs is 1. The van der Waals surface area contributed by atoms with E-state index in [0.717, 1.165) is 0 Å².